The molecule has 2 nitrogen and oxygen atoms in total. The lowest BCUT2D eigenvalue weighted by Gasteiger charge is -2.34. The van der Waals surface area contributed by atoms with E-state index in [9.17, 15) is 0 Å². The van der Waals surface area contributed by atoms with Gasteiger partial charge in [-0.05, 0) is 50.3 Å². The highest BCUT2D eigenvalue weighted by Crippen LogP contribution is 2.43. The first-order valence-electron chi connectivity index (χ1n) is 7.69. The fraction of sp³-hybridized carbons (Fsp3) is 0.647. The smallest absolute Gasteiger partial charge is 0.0473 e. The van der Waals surface area contributed by atoms with Crippen LogP contribution in [0.1, 0.15) is 62.6 Å². The van der Waals surface area contributed by atoms with Crippen molar-refractivity contribution in [2.45, 2.75) is 57.5 Å². The van der Waals surface area contributed by atoms with Gasteiger partial charge in [-0.15, -0.1) is 0 Å². The molecular weight excluding hydrogens is 232 g/mol. The van der Waals surface area contributed by atoms with Crippen LogP contribution in [-0.4, -0.2) is 24.5 Å². The topological polar surface area (TPSA) is 29.3 Å². The average molecular weight is 260 g/mol. The highest BCUT2D eigenvalue weighted by Gasteiger charge is 2.29. The van der Waals surface area contributed by atoms with Crippen LogP contribution in [0, 0.1) is 0 Å². The van der Waals surface area contributed by atoms with Crippen LogP contribution in [0.15, 0.2) is 24.3 Å². The summed E-state index contributed by atoms with van der Waals surface area (Å²) in [6.07, 6.45) is 5.16. The Kier molecular flexibility index (Phi) is 5.00. The summed E-state index contributed by atoms with van der Waals surface area (Å²) in [6, 6.07) is 9.85. The van der Waals surface area contributed by atoms with Crippen LogP contribution < -0.4 is 5.73 Å². The van der Waals surface area contributed by atoms with Crippen molar-refractivity contribution >= 4 is 0 Å². The number of benzene rings is 1. The van der Waals surface area contributed by atoms with E-state index in [1.54, 1.807) is 0 Å². The molecule has 0 spiro atoms. The monoisotopic (exact) mass is 260 g/mol. The van der Waals surface area contributed by atoms with Crippen LogP contribution in [0.4, 0.5) is 0 Å². The SMILES string of the molecule is CCCC(C)N(C)C(CN)c1ccccc1C1CC1. The highest BCUT2D eigenvalue weighted by atomic mass is 15.2. The number of rotatable bonds is 7. The first kappa shape index (κ1) is 14.5. The molecule has 0 aromatic heterocycles. The summed E-state index contributed by atoms with van der Waals surface area (Å²) in [4.78, 5) is 2.46. The number of nitrogens with zero attached hydrogens (tertiary/aromatic N) is 1. The number of nitrogens with two attached hydrogens (primary N) is 1. The van der Waals surface area contributed by atoms with Crippen molar-refractivity contribution in [1.29, 1.82) is 0 Å². The molecule has 0 aliphatic heterocycles. The summed E-state index contributed by atoms with van der Waals surface area (Å²) in [5, 5.41) is 0. The minimum absolute atomic E-state index is 0.360. The van der Waals surface area contributed by atoms with Crippen LogP contribution >= 0.6 is 0 Å². The minimum atomic E-state index is 0.360. The normalized spacial score (nSPS) is 18.6. The predicted molar refractivity (Wildman–Crippen MR) is 82.3 cm³/mol. The fourth-order valence-corrected chi connectivity index (χ4v) is 3.02. The van der Waals surface area contributed by atoms with Crippen molar-refractivity contribution in [2.24, 2.45) is 5.73 Å². The van der Waals surface area contributed by atoms with E-state index in [4.69, 9.17) is 5.73 Å². The van der Waals surface area contributed by atoms with Crippen molar-refractivity contribution in [2.75, 3.05) is 13.6 Å². The van der Waals surface area contributed by atoms with Gasteiger partial charge in [0.2, 0.25) is 0 Å². The zero-order valence-electron chi connectivity index (χ0n) is 12.6. The maximum Gasteiger partial charge on any atom is 0.0473 e. The Morgan fingerprint density at radius 1 is 1.32 bits per heavy atom. The van der Waals surface area contributed by atoms with Crippen LogP contribution in [0.25, 0.3) is 0 Å². The molecule has 106 valence electrons. The first-order valence-corrected chi connectivity index (χ1v) is 7.69. The second-order valence-corrected chi connectivity index (χ2v) is 5.96. The van der Waals surface area contributed by atoms with Gasteiger partial charge >= 0.3 is 0 Å². The molecule has 1 aliphatic carbocycles. The predicted octanol–water partition coefficient (Wildman–Crippen LogP) is 3.68. The van der Waals surface area contributed by atoms with E-state index in [2.05, 4.69) is 50.1 Å². The summed E-state index contributed by atoms with van der Waals surface area (Å²) in [7, 11) is 2.22. The van der Waals surface area contributed by atoms with E-state index in [1.807, 2.05) is 0 Å². The Bertz CT molecular complexity index is 398. The van der Waals surface area contributed by atoms with Gasteiger partial charge < -0.3 is 5.73 Å². The summed E-state index contributed by atoms with van der Waals surface area (Å²) >= 11 is 0. The maximum atomic E-state index is 6.09. The molecule has 2 N–H and O–H groups in total. The Hall–Kier alpha value is -0.860. The van der Waals surface area contributed by atoms with Crippen LogP contribution in [-0.2, 0) is 0 Å². The quantitative estimate of drug-likeness (QED) is 0.810. The molecule has 1 aromatic rings. The van der Waals surface area contributed by atoms with E-state index in [-0.39, 0.29) is 0 Å². The van der Waals surface area contributed by atoms with Crippen LogP contribution in [0.2, 0.25) is 0 Å². The Morgan fingerprint density at radius 2 is 2.00 bits per heavy atom. The van der Waals surface area contributed by atoms with Crippen molar-refractivity contribution in [3.05, 3.63) is 35.4 Å². The summed E-state index contributed by atoms with van der Waals surface area (Å²) in [5.74, 6) is 0.792. The average Bonchev–Trinajstić information content (AvgIpc) is 3.24. The van der Waals surface area contributed by atoms with Crippen LogP contribution in [0.3, 0.4) is 0 Å². The van der Waals surface area contributed by atoms with Crippen molar-refractivity contribution in [3.8, 4) is 0 Å². The first-order chi connectivity index (χ1) is 9.19. The molecule has 1 saturated carbocycles. The number of hydrogen-bond donors (Lipinski definition) is 1. The summed E-state index contributed by atoms with van der Waals surface area (Å²) < 4.78 is 0. The van der Waals surface area contributed by atoms with Gasteiger partial charge in [0.25, 0.3) is 0 Å². The van der Waals surface area contributed by atoms with Gasteiger partial charge in [-0.1, -0.05) is 37.6 Å². The molecule has 0 bridgehead atoms. The maximum absolute atomic E-state index is 6.09. The van der Waals surface area contributed by atoms with Gasteiger partial charge in [0.1, 0.15) is 0 Å². The molecule has 1 aromatic carbocycles. The third kappa shape index (κ3) is 3.37. The van der Waals surface area contributed by atoms with Crippen molar-refractivity contribution < 1.29 is 0 Å². The number of likely N-dealkylation sites (N-methyl/N-ethyl adjacent to an activating group) is 1. The molecular formula is C17H28N2. The molecule has 2 atom stereocenters. The largest absolute Gasteiger partial charge is 0.329 e. The third-order valence-electron chi connectivity index (χ3n) is 4.49. The number of hydrogen-bond acceptors (Lipinski definition) is 2. The third-order valence-corrected chi connectivity index (χ3v) is 4.49. The molecule has 2 unspecified atom stereocenters. The molecule has 0 saturated heterocycles. The second kappa shape index (κ2) is 6.53. The van der Waals surface area contributed by atoms with Crippen LogP contribution in [0.5, 0.6) is 0 Å². The Labute approximate surface area is 118 Å². The van der Waals surface area contributed by atoms with Gasteiger partial charge in [0.15, 0.2) is 0 Å². The molecule has 2 heteroatoms. The zero-order chi connectivity index (χ0) is 13.8. The van der Waals surface area contributed by atoms with Gasteiger partial charge in [0, 0.05) is 18.6 Å². The molecule has 0 amide bonds. The van der Waals surface area contributed by atoms with Gasteiger partial charge in [-0.25, -0.2) is 0 Å². The molecule has 0 heterocycles. The van der Waals surface area contributed by atoms with Crippen molar-refractivity contribution in [3.63, 3.8) is 0 Å². The van der Waals surface area contributed by atoms with Gasteiger partial charge in [-0.2, -0.15) is 0 Å². The minimum Gasteiger partial charge on any atom is -0.329 e. The molecule has 1 fully saturated rings. The van der Waals surface area contributed by atoms with Gasteiger partial charge in [-0.3, -0.25) is 4.90 Å². The van der Waals surface area contributed by atoms with E-state index < -0.39 is 0 Å². The van der Waals surface area contributed by atoms with Gasteiger partial charge in [0.05, 0.1) is 0 Å². The molecule has 2 rings (SSSR count). The fourth-order valence-electron chi connectivity index (χ4n) is 3.02. The lowest BCUT2D eigenvalue weighted by molar-refractivity contribution is 0.179. The Balaban J connectivity index is 2.21. The van der Waals surface area contributed by atoms with E-state index in [0.717, 1.165) is 5.92 Å². The van der Waals surface area contributed by atoms with E-state index >= 15 is 0 Å². The highest BCUT2D eigenvalue weighted by molar-refractivity contribution is 5.35. The lowest BCUT2D eigenvalue weighted by Crippen LogP contribution is -2.37. The Morgan fingerprint density at radius 3 is 2.58 bits per heavy atom. The van der Waals surface area contributed by atoms with E-state index in [0.29, 0.717) is 18.6 Å². The summed E-state index contributed by atoms with van der Waals surface area (Å²) in [6.45, 7) is 5.26. The lowest BCUT2D eigenvalue weighted by atomic mass is 9.95. The van der Waals surface area contributed by atoms with Crippen molar-refractivity contribution in [1.82, 2.24) is 4.90 Å². The molecule has 19 heavy (non-hydrogen) atoms. The second-order valence-electron chi connectivity index (χ2n) is 5.96. The summed E-state index contributed by atoms with van der Waals surface area (Å²) in [5.41, 5.74) is 9.08. The standard InChI is InChI=1S/C17H28N2/c1-4-7-13(2)19(3)17(12-18)16-9-6-5-8-15(16)14-10-11-14/h5-6,8-9,13-14,17H,4,7,10-12,18H2,1-3H3. The molecule has 0 radical (unpaired) electrons. The van der Waals surface area contributed by atoms with E-state index in [1.165, 1.54) is 36.8 Å². The zero-order valence-corrected chi connectivity index (χ0v) is 12.6. The molecule has 1 aliphatic rings.